The molecule has 170 valence electrons. The summed E-state index contributed by atoms with van der Waals surface area (Å²) in [6, 6.07) is 1.28. The van der Waals surface area contributed by atoms with Crippen molar-refractivity contribution < 1.29 is 18.6 Å². The van der Waals surface area contributed by atoms with Crippen LogP contribution in [0.25, 0.3) is 0 Å². The molecule has 0 saturated carbocycles. The van der Waals surface area contributed by atoms with Crippen molar-refractivity contribution in [2.45, 2.75) is 46.6 Å². The fourth-order valence-electron chi connectivity index (χ4n) is 2.88. The number of aliphatic imine (C=N–C) groups is 1. The number of Topliss-reactive ketones (excluding diaryl/α,β-unsaturated/α-hetero) is 1. The fourth-order valence-corrected chi connectivity index (χ4v) is 2.88. The molecule has 11 heteroatoms. The molecule has 0 aliphatic carbocycles. The number of guanidine groups is 1. The number of hydrogen-bond acceptors (Lipinski definition) is 8. The first-order valence-corrected chi connectivity index (χ1v) is 9.93. The van der Waals surface area contributed by atoms with E-state index in [0.717, 1.165) is 28.1 Å². The van der Waals surface area contributed by atoms with Crippen molar-refractivity contribution in [2.24, 2.45) is 16.5 Å². The van der Waals surface area contributed by atoms with Crippen molar-refractivity contribution in [3.63, 3.8) is 0 Å². The minimum absolute atomic E-state index is 0.152. The van der Waals surface area contributed by atoms with E-state index in [9.17, 15) is 4.79 Å². The highest BCUT2D eigenvalue weighted by molar-refractivity contribution is 7.44. The van der Waals surface area contributed by atoms with E-state index in [1.165, 1.54) is 0 Å². The third kappa shape index (κ3) is 7.30. The van der Waals surface area contributed by atoms with Gasteiger partial charge in [0.05, 0.1) is 13.2 Å². The smallest absolute Gasteiger partial charge is 0.222 e. The predicted octanol–water partition coefficient (Wildman–Crippen LogP) is 1.50. The number of aromatic nitrogens is 2. The van der Waals surface area contributed by atoms with Gasteiger partial charge in [0.25, 0.3) is 0 Å². The van der Waals surface area contributed by atoms with Gasteiger partial charge in [-0.25, -0.2) is 4.98 Å². The second-order valence-electron chi connectivity index (χ2n) is 6.97. The zero-order chi connectivity index (χ0) is 23.6. The first kappa shape index (κ1) is 26.0. The molecule has 1 aromatic heterocycles. The molecule has 2 rings (SSSR count). The van der Waals surface area contributed by atoms with Crippen LogP contribution in [-0.4, -0.2) is 45.6 Å². The van der Waals surface area contributed by atoms with Gasteiger partial charge in [-0.15, -0.1) is 0 Å². The number of hydroxylamine groups is 1. The average Bonchev–Trinajstić information content (AvgIpc) is 3.20. The lowest BCUT2D eigenvalue weighted by Crippen LogP contribution is -2.35. The second kappa shape index (κ2) is 12.6. The number of imidazole rings is 1. The van der Waals surface area contributed by atoms with Gasteiger partial charge in [-0.2, -0.15) is 9.69 Å². The molecule has 0 fully saturated rings. The van der Waals surface area contributed by atoms with Crippen molar-refractivity contribution in [2.75, 3.05) is 13.7 Å². The largest absolute Gasteiger partial charge is 0.496 e. The summed E-state index contributed by atoms with van der Waals surface area (Å²) in [6.45, 7) is 8.09. The molecular weight excluding hydrogens is 420 g/mol. The highest BCUT2D eigenvalue weighted by Gasteiger charge is 2.18. The van der Waals surface area contributed by atoms with Crippen LogP contribution in [0.5, 0.6) is 11.5 Å². The van der Waals surface area contributed by atoms with E-state index in [4.69, 9.17) is 25.3 Å². The predicted molar refractivity (Wildman–Crippen MR) is 120 cm³/mol. The number of rotatable bonds is 9. The fraction of sp³-hybridized carbons (Fsp3) is 0.450. The SMILES string of the molecule is COc1cc(C)c(ONC(N)=NCCC[C@H](N)C(=O)c2ncc(C)[nH]2)c(C)c1C.O=S. The summed E-state index contributed by atoms with van der Waals surface area (Å²) in [5, 5.41) is 0. The van der Waals surface area contributed by atoms with E-state index in [1.54, 1.807) is 13.3 Å². The average molecular weight is 451 g/mol. The summed E-state index contributed by atoms with van der Waals surface area (Å²) in [6.07, 6.45) is 2.69. The van der Waals surface area contributed by atoms with Crippen LogP contribution in [0.2, 0.25) is 0 Å². The number of carbonyl (C=O) groups is 1. The molecule has 0 aliphatic rings. The maximum atomic E-state index is 12.2. The third-order valence-corrected chi connectivity index (χ3v) is 4.68. The molecule has 0 saturated heterocycles. The summed E-state index contributed by atoms with van der Waals surface area (Å²) >= 11 is 2.83. The number of carbonyl (C=O) groups excluding carboxylic acids is 1. The molecule has 0 spiro atoms. The standard InChI is InChI=1S/C20H30N6O3.OS/c1-11-9-16(28-5)13(3)14(4)18(11)29-26-20(22)23-8-6-7-15(21)17(27)19-24-10-12(2)25-19;1-2/h9-10,15H,6-8,21H2,1-5H3,(H,24,25)(H3,22,23,26);/t15-;/m0./s1. The lowest BCUT2D eigenvalue weighted by molar-refractivity contribution is 0.0947. The monoisotopic (exact) mass is 450 g/mol. The van der Waals surface area contributed by atoms with E-state index >= 15 is 0 Å². The molecule has 1 atom stereocenters. The quantitative estimate of drug-likeness (QED) is 0.146. The Bertz CT molecular complexity index is 915. The highest BCUT2D eigenvalue weighted by atomic mass is 32.1. The van der Waals surface area contributed by atoms with E-state index in [2.05, 4.69) is 33.0 Å². The zero-order valence-corrected chi connectivity index (χ0v) is 19.3. The molecule has 31 heavy (non-hydrogen) atoms. The number of nitrogens with two attached hydrogens (primary N) is 2. The van der Waals surface area contributed by atoms with Gasteiger partial charge in [0.1, 0.15) is 5.75 Å². The van der Waals surface area contributed by atoms with Crippen LogP contribution in [0, 0.1) is 27.7 Å². The molecule has 0 amide bonds. The van der Waals surface area contributed by atoms with Gasteiger partial charge in [-0.1, -0.05) is 0 Å². The molecular formula is C20H30N6O4S. The lowest BCUT2D eigenvalue weighted by atomic mass is 10.0. The normalized spacial score (nSPS) is 11.9. The first-order chi connectivity index (χ1) is 14.7. The zero-order valence-electron chi connectivity index (χ0n) is 18.4. The Labute approximate surface area is 187 Å². The highest BCUT2D eigenvalue weighted by Crippen LogP contribution is 2.32. The maximum Gasteiger partial charge on any atom is 0.222 e. The third-order valence-electron chi connectivity index (χ3n) is 4.68. The van der Waals surface area contributed by atoms with Crippen molar-refractivity contribution in [1.82, 2.24) is 15.4 Å². The number of H-pyrrole nitrogens is 1. The Hall–Kier alpha value is -3.05. The summed E-state index contributed by atoms with van der Waals surface area (Å²) in [5.74, 6) is 1.72. The Balaban J connectivity index is 0.00000233. The minimum Gasteiger partial charge on any atom is -0.496 e. The lowest BCUT2D eigenvalue weighted by Gasteiger charge is -2.16. The first-order valence-electron chi connectivity index (χ1n) is 9.60. The molecule has 2 aromatic rings. The Morgan fingerprint density at radius 3 is 2.55 bits per heavy atom. The van der Waals surface area contributed by atoms with E-state index in [1.807, 2.05) is 33.8 Å². The number of methoxy groups -OCH3 is 1. The molecule has 1 aromatic carbocycles. The number of ketones is 1. The van der Waals surface area contributed by atoms with E-state index in [0.29, 0.717) is 25.1 Å². The van der Waals surface area contributed by atoms with Gasteiger partial charge in [0, 0.05) is 24.0 Å². The van der Waals surface area contributed by atoms with Crippen LogP contribution in [-0.2, 0) is 12.5 Å². The van der Waals surface area contributed by atoms with Gasteiger partial charge in [-0.05, 0) is 57.7 Å². The number of ether oxygens (including phenoxy) is 1. The number of nitrogens with zero attached hydrogens (tertiary/aromatic N) is 2. The minimum atomic E-state index is -0.631. The van der Waals surface area contributed by atoms with Crippen molar-refractivity contribution in [1.29, 1.82) is 0 Å². The number of aryl methyl sites for hydroxylation is 2. The van der Waals surface area contributed by atoms with Gasteiger partial charge in [0.2, 0.25) is 11.7 Å². The van der Waals surface area contributed by atoms with Crippen LogP contribution >= 0.6 is 0 Å². The van der Waals surface area contributed by atoms with Crippen LogP contribution in [0.15, 0.2) is 17.3 Å². The van der Waals surface area contributed by atoms with Crippen LogP contribution < -0.4 is 26.5 Å². The van der Waals surface area contributed by atoms with Gasteiger partial charge < -0.3 is 26.0 Å². The summed E-state index contributed by atoms with van der Waals surface area (Å²) < 4.78 is 13.2. The van der Waals surface area contributed by atoms with Crippen molar-refractivity contribution in [3.8, 4) is 11.5 Å². The van der Waals surface area contributed by atoms with E-state index < -0.39 is 6.04 Å². The summed E-state index contributed by atoms with van der Waals surface area (Å²) in [7, 11) is 1.64. The summed E-state index contributed by atoms with van der Waals surface area (Å²) in [4.78, 5) is 28.9. The Kier molecular flexibility index (Phi) is 10.6. The van der Waals surface area contributed by atoms with Crippen molar-refractivity contribution >= 4 is 24.3 Å². The number of nitrogens with one attached hydrogen (secondary N) is 2. The van der Waals surface area contributed by atoms with Gasteiger partial charge in [0.15, 0.2) is 24.1 Å². The molecule has 0 aliphatic heterocycles. The molecule has 0 unspecified atom stereocenters. The molecule has 6 N–H and O–H groups in total. The van der Waals surface area contributed by atoms with Crippen LogP contribution in [0.3, 0.4) is 0 Å². The topological polar surface area (TPSA) is 158 Å². The van der Waals surface area contributed by atoms with E-state index in [-0.39, 0.29) is 17.6 Å². The number of aromatic amines is 1. The molecule has 0 bridgehead atoms. The van der Waals surface area contributed by atoms with Gasteiger partial charge in [-0.3, -0.25) is 9.79 Å². The van der Waals surface area contributed by atoms with Gasteiger partial charge >= 0.3 is 0 Å². The maximum absolute atomic E-state index is 12.2. The molecule has 0 radical (unpaired) electrons. The van der Waals surface area contributed by atoms with Crippen molar-refractivity contribution in [3.05, 3.63) is 40.5 Å². The van der Waals surface area contributed by atoms with Crippen LogP contribution in [0.1, 0.15) is 45.8 Å². The molecule has 10 nitrogen and oxygen atoms in total. The Morgan fingerprint density at radius 2 is 1.97 bits per heavy atom. The molecule has 1 heterocycles. The number of hydrogen-bond donors (Lipinski definition) is 4. The van der Waals surface area contributed by atoms with Crippen LogP contribution in [0.4, 0.5) is 0 Å². The second-order valence-corrected chi connectivity index (χ2v) is 6.97. The Morgan fingerprint density at radius 1 is 1.29 bits per heavy atom. The summed E-state index contributed by atoms with van der Waals surface area (Å²) in [5.41, 5.74) is 18.2. The number of benzene rings is 1.